The van der Waals surface area contributed by atoms with Gasteiger partial charge in [-0.05, 0) is 39.3 Å². The fraction of sp³-hybridized carbons (Fsp3) is 0.474. The zero-order chi connectivity index (χ0) is 20.9. The molecule has 9 heteroatoms. The molecule has 1 rings (SSSR count). The molecule has 0 aliphatic carbocycles. The van der Waals surface area contributed by atoms with Crippen molar-refractivity contribution in [1.29, 1.82) is 0 Å². The van der Waals surface area contributed by atoms with Crippen molar-refractivity contribution in [3.05, 3.63) is 48.2 Å². The van der Waals surface area contributed by atoms with E-state index in [1.54, 1.807) is 20.8 Å². The first-order chi connectivity index (χ1) is 12.6. The molecular weight excluding hydrogens is 361 g/mol. The van der Waals surface area contributed by atoms with Crippen molar-refractivity contribution in [2.75, 3.05) is 6.61 Å². The molecule has 0 atom stereocenters. The van der Waals surface area contributed by atoms with Crippen LogP contribution in [-0.2, 0) is 14.3 Å². The summed E-state index contributed by atoms with van der Waals surface area (Å²) in [5, 5.41) is 10.5. The molecule has 0 spiro atoms. The number of carbonyl (C=O) groups excluding carboxylic acids is 2. The third kappa shape index (κ3) is 14.1. The van der Waals surface area contributed by atoms with Crippen LogP contribution in [0.2, 0.25) is 0 Å². The van der Waals surface area contributed by atoms with Gasteiger partial charge in [0.1, 0.15) is 5.75 Å². The summed E-state index contributed by atoms with van der Waals surface area (Å²) < 4.78 is 14.2. The first kappa shape index (κ1) is 28.2. The fourth-order valence-corrected chi connectivity index (χ4v) is 1.63. The van der Waals surface area contributed by atoms with Crippen molar-refractivity contribution in [1.82, 2.24) is 0 Å². The van der Waals surface area contributed by atoms with E-state index in [0.717, 1.165) is 12.8 Å². The minimum Gasteiger partial charge on any atom is -0.649 e. The van der Waals surface area contributed by atoms with E-state index in [4.69, 9.17) is 9.47 Å². The summed E-state index contributed by atoms with van der Waals surface area (Å²) in [6.07, 6.45) is 1.34. The van der Waals surface area contributed by atoms with Crippen molar-refractivity contribution in [3.63, 3.8) is 0 Å². The van der Waals surface area contributed by atoms with E-state index >= 15 is 0 Å². The Balaban J connectivity index is 0. The third-order valence-electron chi connectivity index (χ3n) is 3.16. The molecule has 1 aromatic rings. The second-order valence-corrected chi connectivity index (χ2v) is 6.48. The van der Waals surface area contributed by atoms with E-state index < -0.39 is 11.1 Å². The molecule has 0 aliphatic rings. The second-order valence-electron chi connectivity index (χ2n) is 6.48. The van der Waals surface area contributed by atoms with Gasteiger partial charge in [-0.2, -0.15) is 12.8 Å². The number of non-ortho nitro benzene ring substituents is 1. The molecular formula is C19H26LiNO7-2. The van der Waals surface area contributed by atoms with Gasteiger partial charge in [0.05, 0.1) is 17.1 Å². The van der Waals surface area contributed by atoms with Crippen LogP contribution in [0.1, 0.15) is 40.0 Å². The van der Waals surface area contributed by atoms with Crippen LogP contribution in [0.3, 0.4) is 0 Å². The van der Waals surface area contributed by atoms with Gasteiger partial charge in [0.25, 0.3) is 5.69 Å². The van der Waals surface area contributed by atoms with Gasteiger partial charge in [-0.15, -0.1) is 0 Å². The number of rotatable bonds is 8. The molecule has 0 radical (unpaired) electrons. The van der Waals surface area contributed by atoms with Crippen LogP contribution in [0.4, 0.5) is 10.5 Å². The largest absolute Gasteiger partial charge is 1.00 e. The molecule has 28 heavy (non-hydrogen) atoms. The number of nitro benzene ring substituents is 1. The summed E-state index contributed by atoms with van der Waals surface area (Å²) in [5.74, 6) is 0.522. The summed E-state index contributed by atoms with van der Waals surface area (Å²) in [5.41, 5.74) is -0.443. The van der Waals surface area contributed by atoms with Crippen LogP contribution in [0, 0.1) is 29.9 Å². The first-order valence-electron chi connectivity index (χ1n) is 8.35. The normalized spacial score (nSPS) is 10.1. The topological polar surface area (TPSA) is 105 Å². The Morgan fingerprint density at radius 3 is 2.11 bits per heavy atom. The average Bonchev–Trinajstić information content (AvgIpc) is 2.58. The molecule has 0 bridgehead atoms. The van der Waals surface area contributed by atoms with E-state index in [1.807, 2.05) is 0 Å². The van der Waals surface area contributed by atoms with Gasteiger partial charge < -0.3 is 32.9 Å². The number of nitro groups is 1. The molecule has 0 aromatic heterocycles. The Labute approximate surface area is 178 Å². The summed E-state index contributed by atoms with van der Waals surface area (Å²) in [6.45, 7) is 14.5. The Kier molecular flexibility index (Phi) is 15.0. The summed E-state index contributed by atoms with van der Waals surface area (Å²) in [4.78, 5) is 30.8. The van der Waals surface area contributed by atoms with E-state index in [0.29, 0.717) is 12.3 Å². The van der Waals surface area contributed by atoms with Gasteiger partial charge in [0, 0.05) is 12.1 Å². The molecule has 0 aliphatic heterocycles. The van der Waals surface area contributed by atoms with Crippen LogP contribution >= 0.6 is 0 Å². The minimum absolute atomic E-state index is 0. The zero-order valence-corrected chi connectivity index (χ0v) is 16.9. The van der Waals surface area contributed by atoms with Crippen molar-refractivity contribution in [3.8, 4) is 5.75 Å². The number of hydrogen-bond acceptors (Lipinski definition) is 7. The van der Waals surface area contributed by atoms with Gasteiger partial charge in [0.2, 0.25) is 0 Å². The number of ether oxygens (including phenoxy) is 3. The van der Waals surface area contributed by atoms with Crippen molar-refractivity contribution < 1.29 is 47.6 Å². The fourth-order valence-electron chi connectivity index (χ4n) is 1.63. The van der Waals surface area contributed by atoms with Crippen molar-refractivity contribution in [2.45, 2.75) is 45.6 Å². The van der Waals surface area contributed by atoms with Gasteiger partial charge in [-0.1, -0.05) is 12.4 Å². The molecule has 0 saturated heterocycles. The zero-order valence-electron chi connectivity index (χ0n) is 16.9. The minimum atomic E-state index is -0.828. The Morgan fingerprint density at radius 1 is 1.21 bits per heavy atom. The standard InChI is InChI=1S/C14H17NO5.C5H9O2.Li/c1-3-11(4-2)9-10-19-14(16)20-13-7-5-12(6-8-13)15(17)18;1-5(2,3)7-4-6;/h5-8,11H,1-4,9-10H2;1-3H3;/q-2;-1;+1. The van der Waals surface area contributed by atoms with Crippen LogP contribution in [0.15, 0.2) is 24.3 Å². The van der Waals surface area contributed by atoms with E-state index in [9.17, 15) is 19.7 Å². The van der Waals surface area contributed by atoms with Gasteiger partial charge >= 0.3 is 25.0 Å². The van der Waals surface area contributed by atoms with Crippen LogP contribution in [-0.4, -0.2) is 29.8 Å². The molecule has 8 nitrogen and oxygen atoms in total. The predicted molar refractivity (Wildman–Crippen MR) is 99.7 cm³/mol. The number of carbonyl (C=O) groups is 1. The average molecular weight is 387 g/mol. The quantitative estimate of drug-likeness (QED) is 0.166. The monoisotopic (exact) mass is 387 g/mol. The molecule has 0 heterocycles. The Bertz CT molecular complexity index is 581. The van der Waals surface area contributed by atoms with Gasteiger partial charge in [0.15, 0.2) is 0 Å². The number of nitrogens with zero attached hydrogens (tertiary/aromatic N) is 1. The molecule has 0 saturated carbocycles. The molecule has 152 valence electrons. The van der Waals surface area contributed by atoms with E-state index in [-0.39, 0.29) is 42.5 Å². The maximum Gasteiger partial charge on any atom is 1.00 e. The van der Waals surface area contributed by atoms with E-state index in [2.05, 4.69) is 18.6 Å². The van der Waals surface area contributed by atoms with Crippen LogP contribution in [0.5, 0.6) is 5.75 Å². The van der Waals surface area contributed by atoms with Gasteiger partial charge in [-0.3, -0.25) is 10.1 Å². The van der Waals surface area contributed by atoms with Gasteiger partial charge in [-0.25, -0.2) is 4.79 Å². The van der Waals surface area contributed by atoms with E-state index in [1.165, 1.54) is 30.7 Å². The van der Waals surface area contributed by atoms with Crippen LogP contribution in [0.25, 0.3) is 0 Å². The molecule has 1 aromatic carbocycles. The number of hydrogen-bond donors (Lipinski definition) is 0. The maximum atomic E-state index is 11.4. The molecule has 0 fully saturated rings. The smallest absolute Gasteiger partial charge is 0.649 e. The molecule has 0 amide bonds. The van der Waals surface area contributed by atoms with Crippen molar-refractivity contribution in [2.24, 2.45) is 5.92 Å². The Morgan fingerprint density at radius 2 is 1.75 bits per heavy atom. The summed E-state index contributed by atoms with van der Waals surface area (Å²) in [7, 11) is 0. The first-order valence-corrected chi connectivity index (χ1v) is 8.35. The SMILES string of the molecule is CC(C)(C)O[C-]=O.[CH2-]CC(C[CH2-])CCOC(=O)Oc1ccc([N+](=O)[O-])cc1.[Li+]. The third-order valence-corrected chi connectivity index (χ3v) is 3.16. The number of benzene rings is 1. The van der Waals surface area contributed by atoms with Crippen molar-refractivity contribution >= 4 is 18.3 Å². The summed E-state index contributed by atoms with van der Waals surface area (Å²) >= 11 is 0. The second kappa shape index (κ2) is 14.9. The summed E-state index contributed by atoms with van der Waals surface area (Å²) in [6, 6.07) is 5.19. The maximum absolute atomic E-state index is 11.4. The Hall–Kier alpha value is -2.04. The molecule has 0 N–H and O–H groups in total. The predicted octanol–water partition coefficient (Wildman–Crippen LogP) is 1.44. The van der Waals surface area contributed by atoms with Crippen LogP contribution < -0.4 is 23.6 Å². The molecule has 0 unspecified atom stereocenters.